The van der Waals surface area contributed by atoms with Crippen LogP contribution in [0.2, 0.25) is 0 Å². The van der Waals surface area contributed by atoms with Crippen LogP contribution in [0.3, 0.4) is 0 Å². The third-order valence-corrected chi connectivity index (χ3v) is 5.46. The Morgan fingerprint density at radius 3 is 2.54 bits per heavy atom. The van der Waals surface area contributed by atoms with E-state index in [1.165, 1.54) is 4.90 Å². The number of piperidine rings is 1. The molecule has 1 spiro atoms. The number of hydrogen-bond donors (Lipinski definition) is 1. The van der Waals surface area contributed by atoms with Gasteiger partial charge in [0.15, 0.2) is 11.6 Å². The molecule has 128 valence electrons. The van der Waals surface area contributed by atoms with Crippen molar-refractivity contribution in [2.24, 2.45) is 11.3 Å². The summed E-state index contributed by atoms with van der Waals surface area (Å²) < 4.78 is 14.2. The molecule has 24 heavy (non-hydrogen) atoms. The molecule has 4 rings (SSSR count). The monoisotopic (exact) mass is 334 g/mol. The van der Waals surface area contributed by atoms with Crippen LogP contribution in [0.1, 0.15) is 32.1 Å². The molecular weight excluding hydrogens is 315 g/mol. The normalized spacial score (nSPS) is 23.1. The highest BCUT2D eigenvalue weighted by Gasteiger charge is 2.56. The molecule has 1 saturated carbocycles. The molecule has 2 saturated heterocycles. The van der Waals surface area contributed by atoms with E-state index in [9.17, 15) is 14.0 Å². The number of aromatic nitrogens is 2. The van der Waals surface area contributed by atoms with Gasteiger partial charge in [-0.2, -0.15) is 4.98 Å². The Bertz CT molecular complexity index is 699. The van der Waals surface area contributed by atoms with Gasteiger partial charge >= 0.3 is 5.97 Å². The van der Waals surface area contributed by atoms with Crippen LogP contribution in [-0.4, -0.2) is 46.6 Å². The van der Waals surface area contributed by atoms with Crippen molar-refractivity contribution < 1.29 is 19.1 Å². The lowest BCUT2D eigenvalue weighted by Crippen LogP contribution is -2.38. The topological polar surface area (TPSA) is 86.6 Å². The van der Waals surface area contributed by atoms with Crippen molar-refractivity contribution in [2.45, 2.75) is 32.1 Å². The first kappa shape index (κ1) is 15.3. The molecule has 1 amide bonds. The van der Waals surface area contributed by atoms with E-state index >= 15 is 0 Å². The van der Waals surface area contributed by atoms with E-state index in [1.807, 2.05) is 4.90 Å². The van der Waals surface area contributed by atoms with Gasteiger partial charge < -0.3 is 10.0 Å². The van der Waals surface area contributed by atoms with Gasteiger partial charge in [0, 0.05) is 19.6 Å². The van der Waals surface area contributed by atoms with Crippen molar-refractivity contribution >= 4 is 23.6 Å². The number of nitrogens with zero attached hydrogens (tertiary/aromatic N) is 4. The fourth-order valence-corrected chi connectivity index (χ4v) is 3.65. The van der Waals surface area contributed by atoms with Crippen molar-refractivity contribution in [2.75, 3.05) is 29.4 Å². The summed E-state index contributed by atoms with van der Waals surface area (Å²) in [5, 5.41) is 9.06. The van der Waals surface area contributed by atoms with Crippen molar-refractivity contribution in [1.29, 1.82) is 0 Å². The quantitative estimate of drug-likeness (QED) is 0.900. The zero-order chi connectivity index (χ0) is 16.9. The van der Waals surface area contributed by atoms with Crippen LogP contribution in [0.4, 0.5) is 16.2 Å². The fraction of sp³-hybridized carbons (Fsp3) is 0.625. The predicted octanol–water partition coefficient (Wildman–Crippen LogP) is 1.43. The molecule has 0 atom stereocenters. The number of carbonyl (C=O) groups excluding carboxylic acids is 1. The maximum atomic E-state index is 14.2. The summed E-state index contributed by atoms with van der Waals surface area (Å²) in [6.45, 7) is 1.52. The van der Waals surface area contributed by atoms with Gasteiger partial charge in [0.25, 0.3) is 0 Å². The first-order valence-electron chi connectivity index (χ1n) is 8.32. The van der Waals surface area contributed by atoms with E-state index in [1.54, 1.807) is 0 Å². The van der Waals surface area contributed by atoms with Gasteiger partial charge in [-0.05, 0) is 32.1 Å². The number of amides is 1. The molecule has 0 unspecified atom stereocenters. The standard InChI is InChI=1S/C16H19FN4O3/c17-11-9-18-15(20-6-1-10(2-7-20)13(22)23)19-12(11)21-8-5-16(3-4-16)14(21)24/h9-10H,1-8H2,(H,22,23). The average molecular weight is 334 g/mol. The molecule has 0 bridgehead atoms. The maximum Gasteiger partial charge on any atom is 0.306 e. The number of halogens is 1. The molecule has 2 aliphatic heterocycles. The van der Waals surface area contributed by atoms with Crippen LogP contribution in [0.15, 0.2) is 6.20 Å². The summed E-state index contributed by atoms with van der Waals surface area (Å²) in [7, 11) is 0. The highest BCUT2D eigenvalue weighted by molar-refractivity contribution is 6.01. The van der Waals surface area contributed by atoms with E-state index in [0.29, 0.717) is 38.4 Å². The molecule has 1 N–H and O–H groups in total. The van der Waals surface area contributed by atoms with E-state index in [2.05, 4.69) is 9.97 Å². The molecule has 8 heteroatoms. The SMILES string of the molecule is O=C(O)C1CCN(c2ncc(F)c(N3CCC4(CC4)C3=O)n2)CC1. The molecule has 3 aliphatic rings. The summed E-state index contributed by atoms with van der Waals surface area (Å²) >= 11 is 0. The Labute approximate surface area is 138 Å². The number of anilines is 2. The zero-order valence-corrected chi connectivity index (χ0v) is 13.2. The zero-order valence-electron chi connectivity index (χ0n) is 13.2. The fourth-order valence-electron chi connectivity index (χ4n) is 3.65. The Morgan fingerprint density at radius 2 is 1.96 bits per heavy atom. The minimum absolute atomic E-state index is 0.0318. The Balaban J connectivity index is 1.54. The van der Waals surface area contributed by atoms with Crippen molar-refractivity contribution in [3.63, 3.8) is 0 Å². The number of hydrogen-bond acceptors (Lipinski definition) is 5. The molecule has 0 radical (unpaired) electrons. The summed E-state index contributed by atoms with van der Waals surface area (Å²) in [6, 6.07) is 0. The molecular formula is C16H19FN4O3. The van der Waals surface area contributed by atoms with Crippen LogP contribution >= 0.6 is 0 Å². The van der Waals surface area contributed by atoms with E-state index in [0.717, 1.165) is 25.5 Å². The van der Waals surface area contributed by atoms with Gasteiger partial charge in [-0.3, -0.25) is 14.5 Å². The second kappa shape index (κ2) is 5.39. The first-order valence-corrected chi connectivity index (χ1v) is 8.32. The molecule has 1 aromatic heterocycles. The lowest BCUT2D eigenvalue weighted by atomic mass is 9.97. The smallest absolute Gasteiger partial charge is 0.306 e. The highest BCUT2D eigenvalue weighted by atomic mass is 19.1. The molecule has 7 nitrogen and oxygen atoms in total. The second-order valence-electron chi connectivity index (χ2n) is 6.93. The molecule has 0 aromatic carbocycles. The van der Waals surface area contributed by atoms with Gasteiger partial charge in [-0.15, -0.1) is 0 Å². The van der Waals surface area contributed by atoms with E-state index in [-0.39, 0.29) is 23.1 Å². The van der Waals surface area contributed by atoms with Gasteiger partial charge in [0.2, 0.25) is 11.9 Å². The largest absolute Gasteiger partial charge is 0.481 e. The van der Waals surface area contributed by atoms with Crippen molar-refractivity contribution in [3.05, 3.63) is 12.0 Å². The summed E-state index contributed by atoms with van der Waals surface area (Å²) in [4.78, 5) is 35.1. The van der Waals surface area contributed by atoms with Crippen molar-refractivity contribution in [1.82, 2.24) is 9.97 Å². The third kappa shape index (κ3) is 2.40. The number of carbonyl (C=O) groups is 2. The molecule has 1 aromatic rings. The first-order chi connectivity index (χ1) is 11.5. The van der Waals surface area contributed by atoms with Crippen molar-refractivity contribution in [3.8, 4) is 0 Å². The predicted molar refractivity (Wildman–Crippen MR) is 83.2 cm³/mol. The Hall–Kier alpha value is -2.25. The number of aliphatic carboxylic acids is 1. The summed E-state index contributed by atoms with van der Waals surface area (Å²) in [6.07, 6.45) is 4.64. The minimum Gasteiger partial charge on any atom is -0.481 e. The lowest BCUT2D eigenvalue weighted by Gasteiger charge is -2.30. The Kier molecular flexibility index (Phi) is 3.43. The van der Waals surface area contributed by atoms with Gasteiger partial charge in [-0.1, -0.05) is 0 Å². The van der Waals surface area contributed by atoms with Crippen LogP contribution in [0.25, 0.3) is 0 Å². The lowest BCUT2D eigenvalue weighted by molar-refractivity contribution is -0.142. The maximum absolute atomic E-state index is 14.2. The molecule has 3 fully saturated rings. The van der Waals surface area contributed by atoms with Gasteiger partial charge in [0.1, 0.15) is 0 Å². The minimum atomic E-state index is -0.784. The highest BCUT2D eigenvalue weighted by Crippen LogP contribution is 2.54. The summed E-state index contributed by atoms with van der Waals surface area (Å²) in [5.74, 6) is -1.35. The Morgan fingerprint density at radius 1 is 1.25 bits per heavy atom. The molecule has 1 aliphatic carbocycles. The van der Waals surface area contributed by atoms with Crippen LogP contribution in [0, 0.1) is 17.2 Å². The van der Waals surface area contributed by atoms with E-state index < -0.39 is 11.8 Å². The number of rotatable bonds is 3. The summed E-state index contributed by atoms with van der Waals surface area (Å²) in [5.41, 5.74) is -0.266. The van der Waals surface area contributed by atoms with Gasteiger partial charge in [-0.25, -0.2) is 9.37 Å². The van der Waals surface area contributed by atoms with Crippen LogP contribution in [0.5, 0.6) is 0 Å². The third-order valence-electron chi connectivity index (χ3n) is 5.46. The average Bonchev–Trinajstić information content (AvgIpc) is 3.30. The van der Waals surface area contributed by atoms with Crippen LogP contribution in [-0.2, 0) is 9.59 Å². The molecule has 3 heterocycles. The number of carboxylic acids is 1. The van der Waals surface area contributed by atoms with E-state index in [4.69, 9.17) is 5.11 Å². The van der Waals surface area contributed by atoms with Gasteiger partial charge in [0.05, 0.1) is 17.5 Å². The van der Waals surface area contributed by atoms with Crippen LogP contribution < -0.4 is 9.80 Å². The number of carboxylic acid groups (broad SMARTS) is 1. The second-order valence-corrected chi connectivity index (χ2v) is 6.93.